The first kappa shape index (κ1) is 13.7. The van der Waals surface area contributed by atoms with Crippen LogP contribution in [-0.2, 0) is 0 Å². The van der Waals surface area contributed by atoms with Crippen molar-refractivity contribution < 1.29 is 9.90 Å². The summed E-state index contributed by atoms with van der Waals surface area (Å²) in [6.07, 6.45) is 0. The van der Waals surface area contributed by atoms with Crippen LogP contribution in [0.5, 0.6) is 5.75 Å². The van der Waals surface area contributed by atoms with E-state index in [9.17, 15) is 9.90 Å². The summed E-state index contributed by atoms with van der Waals surface area (Å²) in [5, 5.41) is 13.0. The number of halogens is 2. The molecule has 0 bridgehead atoms. The van der Waals surface area contributed by atoms with E-state index in [1.807, 2.05) is 6.07 Å². The molecule has 0 radical (unpaired) electrons. The van der Waals surface area contributed by atoms with Crippen molar-refractivity contribution in [2.45, 2.75) is 6.92 Å². The fourth-order valence-corrected chi connectivity index (χ4v) is 2.04. The molecule has 98 valence electrons. The molecule has 0 aliphatic rings. The van der Waals surface area contributed by atoms with Gasteiger partial charge in [0.25, 0.3) is 5.91 Å². The van der Waals surface area contributed by atoms with Crippen molar-refractivity contribution in [2.24, 2.45) is 0 Å². The molecule has 2 rings (SSSR count). The molecule has 2 aromatic carbocycles. The number of anilines is 1. The molecule has 19 heavy (non-hydrogen) atoms. The van der Waals surface area contributed by atoms with Gasteiger partial charge < -0.3 is 10.4 Å². The van der Waals surface area contributed by atoms with Gasteiger partial charge >= 0.3 is 0 Å². The van der Waals surface area contributed by atoms with Gasteiger partial charge in [-0.15, -0.1) is 0 Å². The number of carbonyl (C=O) groups excluding carboxylic acids is 1. The first-order valence-corrected chi connectivity index (χ1v) is 6.30. The number of aromatic hydroxyl groups is 1. The highest BCUT2D eigenvalue weighted by Crippen LogP contribution is 2.38. The van der Waals surface area contributed by atoms with Crippen molar-refractivity contribution in [3.8, 4) is 5.75 Å². The summed E-state index contributed by atoms with van der Waals surface area (Å²) in [7, 11) is 0. The monoisotopic (exact) mass is 295 g/mol. The molecule has 0 saturated heterocycles. The van der Waals surface area contributed by atoms with Crippen LogP contribution < -0.4 is 5.32 Å². The molecule has 2 aromatic rings. The van der Waals surface area contributed by atoms with Gasteiger partial charge in [0, 0.05) is 10.6 Å². The van der Waals surface area contributed by atoms with Gasteiger partial charge in [0.15, 0.2) is 5.75 Å². The van der Waals surface area contributed by atoms with Crippen LogP contribution in [0.25, 0.3) is 0 Å². The summed E-state index contributed by atoms with van der Waals surface area (Å²) < 4.78 is 0. The Hall–Kier alpha value is -1.71. The Kier molecular flexibility index (Phi) is 3.98. The van der Waals surface area contributed by atoms with E-state index in [4.69, 9.17) is 23.2 Å². The second-order valence-electron chi connectivity index (χ2n) is 4.01. The van der Waals surface area contributed by atoms with Gasteiger partial charge in [0.05, 0.1) is 10.7 Å². The lowest BCUT2D eigenvalue weighted by Crippen LogP contribution is -2.12. The quantitative estimate of drug-likeness (QED) is 0.813. The van der Waals surface area contributed by atoms with Gasteiger partial charge in [0.2, 0.25) is 0 Å². The molecule has 0 heterocycles. The maximum absolute atomic E-state index is 12.0. The van der Waals surface area contributed by atoms with Gasteiger partial charge in [-0.2, -0.15) is 0 Å². The molecule has 0 aliphatic carbocycles. The normalized spacial score (nSPS) is 10.3. The van der Waals surface area contributed by atoms with E-state index < -0.39 is 0 Å². The van der Waals surface area contributed by atoms with Gasteiger partial charge in [-0.25, -0.2) is 0 Å². The van der Waals surface area contributed by atoms with Crippen LogP contribution in [0.15, 0.2) is 36.4 Å². The number of nitrogens with one attached hydrogen (secondary N) is 1. The first-order chi connectivity index (χ1) is 9.00. The first-order valence-electron chi connectivity index (χ1n) is 5.54. The van der Waals surface area contributed by atoms with Gasteiger partial charge in [-0.05, 0) is 30.7 Å². The minimum atomic E-state index is -0.341. The Morgan fingerprint density at radius 2 is 1.84 bits per heavy atom. The van der Waals surface area contributed by atoms with Crippen molar-refractivity contribution >= 4 is 34.8 Å². The maximum Gasteiger partial charge on any atom is 0.255 e. The molecular formula is C14H11Cl2NO2. The highest BCUT2D eigenvalue weighted by molar-refractivity contribution is 6.37. The van der Waals surface area contributed by atoms with Crippen LogP contribution in [0.4, 0.5) is 5.69 Å². The zero-order valence-corrected chi connectivity index (χ0v) is 11.6. The third-order valence-electron chi connectivity index (χ3n) is 2.71. The summed E-state index contributed by atoms with van der Waals surface area (Å²) >= 11 is 11.9. The number of phenols is 1. The summed E-state index contributed by atoms with van der Waals surface area (Å²) in [6.45, 7) is 1.69. The van der Waals surface area contributed by atoms with Crippen LogP contribution in [0.1, 0.15) is 15.9 Å². The van der Waals surface area contributed by atoms with Crippen molar-refractivity contribution in [1.82, 2.24) is 0 Å². The largest absolute Gasteiger partial charge is 0.504 e. The number of amides is 1. The fourth-order valence-electron chi connectivity index (χ4n) is 1.58. The Labute approximate surface area is 120 Å². The molecule has 1 amide bonds. The molecule has 0 aromatic heterocycles. The molecule has 5 heteroatoms. The van der Waals surface area contributed by atoms with Crippen LogP contribution in [0.2, 0.25) is 10.0 Å². The van der Waals surface area contributed by atoms with Crippen molar-refractivity contribution in [2.75, 3.05) is 5.32 Å². The summed E-state index contributed by atoms with van der Waals surface area (Å²) in [4.78, 5) is 12.0. The number of hydrogen-bond donors (Lipinski definition) is 2. The lowest BCUT2D eigenvalue weighted by atomic mass is 10.1. The second kappa shape index (κ2) is 5.51. The maximum atomic E-state index is 12.0. The third kappa shape index (κ3) is 2.83. The minimum Gasteiger partial charge on any atom is -0.504 e. The highest BCUT2D eigenvalue weighted by atomic mass is 35.5. The van der Waals surface area contributed by atoms with Crippen LogP contribution in [-0.4, -0.2) is 11.0 Å². The van der Waals surface area contributed by atoms with E-state index in [0.29, 0.717) is 16.1 Å². The van der Waals surface area contributed by atoms with E-state index in [-0.39, 0.29) is 22.4 Å². The van der Waals surface area contributed by atoms with Crippen molar-refractivity contribution in [3.05, 3.63) is 57.6 Å². The Balaban J connectivity index is 2.32. The zero-order chi connectivity index (χ0) is 14.0. The highest BCUT2D eigenvalue weighted by Gasteiger charge is 2.15. The number of hydrogen-bond acceptors (Lipinski definition) is 2. The van der Waals surface area contributed by atoms with E-state index >= 15 is 0 Å². The summed E-state index contributed by atoms with van der Waals surface area (Å²) in [6, 6.07) is 10.1. The number of phenolic OH excluding ortho intramolecular Hbond substituents is 1. The SMILES string of the molecule is Cc1c(Cl)cc(NC(=O)c2ccccc2)c(O)c1Cl. The molecule has 0 fully saturated rings. The van der Waals surface area contributed by atoms with E-state index in [1.165, 1.54) is 6.07 Å². The second-order valence-corrected chi connectivity index (χ2v) is 4.80. The lowest BCUT2D eigenvalue weighted by Gasteiger charge is -2.11. The van der Waals surface area contributed by atoms with E-state index in [1.54, 1.807) is 31.2 Å². The Morgan fingerprint density at radius 3 is 2.47 bits per heavy atom. The smallest absolute Gasteiger partial charge is 0.255 e. The average molecular weight is 296 g/mol. The van der Waals surface area contributed by atoms with E-state index in [0.717, 1.165) is 0 Å². The summed E-state index contributed by atoms with van der Waals surface area (Å²) in [5.74, 6) is -0.528. The number of benzene rings is 2. The molecule has 0 unspecified atom stereocenters. The van der Waals surface area contributed by atoms with Crippen LogP contribution >= 0.6 is 23.2 Å². The third-order valence-corrected chi connectivity index (χ3v) is 3.56. The molecule has 0 aliphatic heterocycles. The molecular weight excluding hydrogens is 285 g/mol. The average Bonchev–Trinajstić information content (AvgIpc) is 2.43. The standard InChI is InChI=1S/C14H11Cl2NO2/c1-8-10(15)7-11(13(18)12(8)16)17-14(19)9-5-3-2-4-6-9/h2-7,18H,1H3,(H,17,19). The number of rotatable bonds is 2. The Morgan fingerprint density at radius 1 is 1.21 bits per heavy atom. The van der Waals surface area contributed by atoms with Crippen LogP contribution in [0.3, 0.4) is 0 Å². The van der Waals surface area contributed by atoms with Crippen LogP contribution in [0, 0.1) is 6.92 Å². The molecule has 0 atom stereocenters. The van der Waals surface area contributed by atoms with Gasteiger partial charge in [-0.1, -0.05) is 41.4 Å². The minimum absolute atomic E-state index is 0.135. The Bertz CT molecular complexity index is 627. The molecule has 0 saturated carbocycles. The van der Waals surface area contributed by atoms with Gasteiger partial charge in [0.1, 0.15) is 0 Å². The van der Waals surface area contributed by atoms with Crippen molar-refractivity contribution in [3.63, 3.8) is 0 Å². The topological polar surface area (TPSA) is 49.3 Å². The van der Waals surface area contributed by atoms with Gasteiger partial charge in [-0.3, -0.25) is 4.79 Å². The van der Waals surface area contributed by atoms with E-state index in [2.05, 4.69) is 5.32 Å². The predicted octanol–water partition coefficient (Wildman–Crippen LogP) is 4.26. The fraction of sp³-hybridized carbons (Fsp3) is 0.0714. The van der Waals surface area contributed by atoms with Crippen molar-refractivity contribution in [1.29, 1.82) is 0 Å². The zero-order valence-electron chi connectivity index (χ0n) is 10.1. The number of carbonyl (C=O) groups is 1. The molecule has 0 spiro atoms. The lowest BCUT2D eigenvalue weighted by molar-refractivity contribution is 0.102. The molecule has 3 nitrogen and oxygen atoms in total. The summed E-state index contributed by atoms with van der Waals surface area (Å²) in [5.41, 5.74) is 1.24. The molecule has 2 N–H and O–H groups in total. The predicted molar refractivity (Wildman–Crippen MR) is 77.3 cm³/mol.